The zero-order valence-electron chi connectivity index (χ0n) is 12.6. The second-order valence-electron chi connectivity index (χ2n) is 7.94. The fraction of sp³-hybridized carbons (Fsp3) is 0.778. The van der Waals surface area contributed by atoms with Crippen molar-refractivity contribution in [1.29, 1.82) is 0 Å². The van der Waals surface area contributed by atoms with Crippen LogP contribution >= 0.6 is 0 Å². The number of rotatable bonds is 0. The van der Waals surface area contributed by atoms with Crippen molar-refractivity contribution in [2.24, 2.45) is 46.8 Å². The molecular formula is C18H24O2. The number of fused-ring (bicyclic) bond motifs is 6. The van der Waals surface area contributed by atoms with Crippen LogP contribution in [0.1, 0.15) is 40.0 Å². The molecule has 2 unspecified atom stereocenters. The molecule has 3 fully saturated rings. The highest BCUT2D eigenvalue weighted by molar-refractivity contribution is 6.03. The molecule has 4 rings (SSSR count). The van der Waals surface area contributed by atoms with E-state index in [1.54, 1.807) is 0 Å². The van der Waals surface area contributed by atoms with Gasteiger partial charge in [0.1, 0.15) is 11.6 Å². The number of hydrogen-bond donors (Lipinski definition) is 0. The summed E-state index contributed by atoms with van der Waals surface area (Å²) in [6, 6.07) is 0. The Labute approximate surface area is 121 Å². The van der Waals surface area contributed by atoms with Crippen LogP contribution < -0.4 is 0 Å². The molecule has 4 aliphatic carbocycles. The number of carbonyl (C=O) groups is 2. The summed E-state index contributed by atoms with van der Waals surface area (Å²) >= 11 is 0. The van der Waals surface area contributed by atoms with E-state index in [0.717, 1.165) is 6.42 Å². The Bertz CT molecular complexity index is 520. The summed E-state index contributed by atoms with van der Waals surface area (Å²) < 4.78 is 0. The maximum Gasteiger partial charge on any atom is 0.144 e. The number of allylic oxidation sites excluding steroid dienone is 2. The molecule has 20 heavy (non-hydrogen) atoms. The van der Waals surface area contributed by atoms with Gasteiger partial charge in [0.05, 0.1) is 0 Å². The molecule has 0 N–H and O–H groups in total. The van der Waals surface area contributed by atoms with Crippen LogP contribution in [0.15, 0.2) is 12.2 Å². The zero-order valence-corrected chi connectivity index (χ0v) is 12.6. The number of hydrogen-bond acceptors (Lipinski definition) is 2. The van der Waals surface area contributed by atoms with Crippen LogP contribution in [-0.4, -0.2) is 11.6 Å². The fourth-order valence-electron chi connectivity index (χ4n) is 6.06. The Balaban J connectivity index is 1.85. The summed E-state index contributed by atoms with van der Waals surface area (Å²) in [6.07, 6.45) is 7.81. The van der Waals surface area contributed by atoms with Gasteiger partial charge < -0.3 is 0 Å². The highest BCUT2D eigenvalue weighted by Gasteiger charge is 2.66. The average molecular weight is 272 g/mol. The van der Waals surface area contributed by atoms with Crippen molar-refractivity contribution < 1.29 is 9.59 Å². The molecule has 0 aromatic heterocycles. The van der Waals surface area contributed by atoms with Crippen LogP contribution in [0.5, 0.6) is 0 Å². The molecule has 0 heterocycles. The summed E-state index contributed by atoms with van der Waals surface area (Å²) in [7, 11) is 0. The van der Waals surface area contributed by atoms with E-state index < -0.39 is 5.41 Å². The molecule has 8 atom stereocenters. The van der Waals surface area contributed by atoms with Crippen molar-refractivity contribution in [2.45, 2.75) is 40.0 Å². The third-order valence-corrected chi connectivity index (χ3v) is 7.21. The Morgan fingerprint density at radius 2 is 1.70 bits per heavy atom. The standard InChI is InChI=1S/C18H24O2/c1-9-4-5-10(2)18(3)15(9)16(19)13-11-6-7-12(8-11)14(13)17(18)20/h4-5,9-15H,6-8H2,1-3H3/t9-,10+,11+,12-,13?,14?,15-,18+/m0/s1. The first-order valence-electron chi connectivity index (χ1n) is 8.22. The molecule has 108 valence electrons. The molecule has 2 heteroatoms. The lowest BCUT2D eigenvalue weighted by molar-refractivity contribution is -0.162. The van der Waals surface area contributed by atoms with E-state index in [4.69, 9.17) is 0 Å². The van der Waals surface area contributed by atoms with Crippen molar-refractivity contribution in [3.8, 4) is 0 Å². The predicted molar refractivity (Wildman–Crippen MR) is 76.9 cm³/mol. The maximum atomic E-state index is 13.3. The van der Waals surface area contributed by atoms with Gasteiger partial charge in [-0.25, -0.2) is 0 Å². The van der Waals surface area contributed by atoms with E-state index in [1.165, 1.54) is 12.8 Å². The molecule has 3 saturated carbocycles. The van der Waals surface area contributed by atoms with Gasteiger partial charge in [-0.3, -0.25) is 9.59 Å². The van der Waals surface area contributed by atoms with Gasteiger partial charge in [0.2, 0.25) is 0 Å². The van der Waals surface area contributed by atoms with E-state index in [2.05, 4.69) is 32.9 Å². The van der Waals surface area contributed by atoms with Gasteiger partial charge in [-0.2, -0.15) is 0 Å². The van der Waals surface area contributed by atoms with Crippen molar-refractivity contribution in [3.63, 3.8) is 0 Å². The minimum absolute atomic E-state index is 0.0589. The molecule has 0 radical (unpaired) electrons. The lowest BCUT2D eigenvalue weighted by Crippen LogP contribution is -2.60. The average Bonchev–Trinajstić information content (AvgIpc) is 3.01. The Morgan fingerprint density at radius 1 is 1.05 bits per heavy atom. The van der Waals surface area contributed by atoms with Crippen LogP contribution in [0, 0.1) is 46.8 Å². The summed E-state index contributed by atoms with van der Waals surface area (Å²) in [5.74, 6) is 2.33. The van der Waals surface area contributed by atoms with Gasteiger partial charge >= 0.3 is 0 Å². The number of carbonyl (C=O) groups excluding carboxylic acids is 2. The van der Waals surface area contributed by atoms with Gasteiger partial charge in [-0.05, 0) is 42.9 Å². The molecule has 0 aliphatic heterocycles. The smallest absolute Gasteiger partial charge is 0.144 e. The normalized spacial score (nSPS) is 56.9. The van der Waals surface area contributed by atoms with E-state index in [9.17, 15) is 9.59 Å². The highest BCUT2D eigenvalue weighted by Crippen LogP contribution is 2.62. The highest BCUT2D eigenvalue weighted by atomic mass is 16.1. The fourth-order valence-corrected chi connectivity index (χ4v) is 6.06. The van der Waals surface area contributed by atoms with E-state index in [0.29, 0.717) is 23.4 Å². The maximum absolute atomic E-state index is 13.3. The SMILES string of the molecule is C[C@@H]1C=C[C@H](C)[C@H]2C(=O)C3C(C(=O)[C@]12C)[C@H]1CC[C@@H]3C1. The first-order valence-corrected chi connectivity index (χ1v) is 8.22. The molecular weight excluding hydrogens is 248 g/mol. The first-order chi connectivity index (χ1) is 9.46. The van der Waals surface area contributed by atoms with Gasteiger partial charge in [-0.15, -0.1) is 0 Å². The molecule has 2 nitrogen and oxygen atoms in total. The third kappa shape index (κ3) is 1.27. The molecule has 2 bridgehead atoms. The summed E-state index contributed by atoms with van der Waals surface area (Å²) in [6.45, 7) is 6.31. The van der Waals surface area contributed by atoms with Crippen LogP contribution in [-0.2, 0) is 9.59 Å². The number of Topliss-reactive ketones (excluding diaryl/α,β-unsaturated/α-hetero) is 2. The van der Waals surface area contributed by atoms with E-state index in [-0.39, 0.29) is 29.6 Å². The Hall–Kier alpha value is -0.920. The second kappa shape index (κ2) is 3.84. The summed E-state index contributed by atoms with van der Waals surface area (Å²) in [5, 5.41) is 0. The van der Waals surface area contributed by atoms with Crippen molar-refractivity contribution >= 4 is 11.6 Å². The molecule has 0 aromatic rings. The minimum Gasteiger partial charge on any atom is -0.299 e. The van der Waals surface area contributed by atoms with Crippen molar-refractivity contribution in [1.82, 2.24) is 0 Å². The van der Waals surface area contributed by atoms with Crippen LogP contribution in [0.2, 0.25) is 0 Å². The quantitative estimate of drug-likeness (QED) is 0.634. The first kappa shape index (κ1) is 12.8. The Morgan fingerprint density at radius 3 is 2.40 bits per heavy atom. The zero-order chi connectivity index (χ0) is 14.2. The predicted octanol–water partition coefficient (Wildman–Crippen LogP) is 3.27. The van der Waals surface area contributed by atoms with E-state index >= 15 is 0 Å². The Kier molecular flexibility index (Phi) is 2.45. The summed E-state index contributed by atoms with van der Waals surface area (Å²) in [5.41, 5.74) is -0.448. The molecule has 0 saturated heterocycles. The lowest BCUT2D eigenvalue weighted by atomic mass is 9.48. The van der Waals surface area contributed by atoms with Crippen molar-refractivity contribution in [2.75, 3.05) is 0 Å². The van der Waals surface area contributed by atoms with Crippen LogP contribution in [0.25, 0.3) is 0 Å². The molecule has 0 spiro atoms. The molecule has 4 aliphatic rings. The van der Waals surface area contributed by atoms with Gasteiger partial charge in [0, 0.05) is 23.2 Å². The topological polar surface area (TPSA) is 34.1 Å². The third-order valence-electron chi connectivity index (χ3n) is 7.21. The monoisotopic (exact) mass is 272 g/mol. The van der Waals surface area contributed by atoms with Crippen molar-refractivity contribution in [3.05, 3.63) is 12.2 Å². The second-order valence-corrected chi connectivity index (χ2v) is 7.94. The number of ketones is 2. The van der Waals surface area contributed by atoms with E-state index in [1.807, 2.05) is 0 Å². The lowest BCUT2D eigenvalue weighted by Gasteiger charge is -2.52. The van der Waals surface area contributed by atoms with Gasteiger partial charge in [0.25, 0.3) is 0 Å². The van der Waals surface area contributed by atoms with Crippen LogP contribution in [0.3, 0.4) is 0 Å². The van der Waals surface area contributed by atoms with Gasteiger partial charge in [-0.1, -0.05) is 32.9 Å². The molecule has 0 aromatic carbocycles. The van der Waals surface area contributed by atoms with Gasteiger partial charge in [0.15, 0.2) is 0 Å². The van der Waals surface area contributed by atoms with Crippen LogP contribution in [0.4, 0.5) is 0 Å². The largest absolute Gasteiger partial charge is 0.299 e. The summed E-state index contributed by atoms with van der Waals surface area (Å²) in [4.78, 5) is 26.4. The molecule has 0 amide bonds. The minimum atomic E-state index is -0.448.